The van der Waals surface area contributed by atoms with Gasteiger partial charge < -0.3 is 9.47 Å². The van der Waals surface area contributed by atoms with E-state index in [1.807, 2.05) is 37.3 Å². The van der Waals surface area contributed by atoms with Gasteiger partial charge in [0, 0.05) is 5.56 Å². The van der Waals surface area contributed by atoms with E-state index in [-0.39, 0.29) is 6.10 Å². The molecule has 0 radical (unpaired) electrons. The first-order chi connectivity index (χ1) is 7.77. The Morgan fingerprint density at radius 2 is 2.00 bits per heavy atom. The highest BCUT2D eigenvalue weighted by molar-refractivity contribution is 5.56. The second-order valence-corrected chi connectivity index (χ2v) is 3.63. The zero-order valence-corrected chi connectivity index (χ0v) is 10.3. The van der Waals surface area contributed by atoms with Crippen LogP contribution < -0.4 is 4.74 Å². The molecular weight excluding hydrogens is 200 g/mol. The van der Waals surface area contributed by atoms with Crippen LogP contribution in [0.3, 0.4) is 0 Å². The fourth-order valence-electron chi connectivity index (χ4n) is 1.25. The van der Waals surface area contributed by atoms with Gasteiger partial charge in [0.1, 0.15) is 5.75 Å². The molecule has 2 nitrogen and oxygen atoms in total. The molecule has 0 aliphatic rings. The first-order valence-electron chi connectivity index (χ1n) is 5.81. The lowest BCUT2D eigenvalue weighted by molar-refractivity contribution is 0.160. The van der Waals surface area contributed by atoms with Gasteiger partial charge in [-0.2, -0.15) is 0 Å². The van der Waals surface area contributed by atoms with E-state index in [9.17, 15) is 0 Å². The van der Waals surface area contributed by atoms with Gasteiger partial charge in [0.15, 0.2) is 0 Å². The van der Waals surface area contributed by atoms with Crippen molar-refractivity contribution in [1.29, 1.82) is 0 Å². The van der Waals surface area contributed by atoms with Gasteiger partial charge in [-0.1, -0.05) is 25.1 Å². The Bertz CT molecular complexity index is 331. The van der Waals surface area contributed by atoms with Crippen LogP contribution >= 0.6 is 0 Å². The molecule has 0 aromatic heterocycles. The van der Waals surface area contributed by atoms with Crippen LogP contribution in [0.1, 0.15) is 32.8 Å². The second kappa shape index (κ2) is 6.94. The molecule has 0 saturated heterocycles. The van der Waals surface area contributed by atoms with Crippen molar-refractivity contribution >= 4 is 6.08 Å². The van der Waals surface area contributed by atoms with E-state index < -0.39 is 0 Å². The van der Waals surface area contributed by atoms with Crippen LogP contribution in [0.5, 0.6) is 5.75 Å². The van der Waals surface area contributed by atoms with Crippen LogP contribution in [0.2, 0.25) is 0 Å². The summed E-state index contributed by atoms with van der Waals surface area (Å²) in [4.78, 5) is 0. The van der Waals surface area contributed by atoms with E-state index in [1.54, 1.807) is 6.26 Å². The average molecular weight is 220 g/mol. The fraction of sp³-hybridized carbons (Fsp3) is 0.429. The van der Waals surface area contributed by atoms with E-state index in [0.717, 1.165) is 17.7 Å². The molecule has 0 heterocycles. The van der Waals surface area contributed by atoms with Gasteiger partial charge >= 0.3 is 0 Å². The molecule has 1 unspecified atom stereocenters. The Balaban J connectivity index is 2.64. The lowest BCUT2D eigenvalue weighted by atomic mass is 10.2. The number of para-hydroxylation sites is 1. The summed E-state index contributed by atoms with van der Waals surface area (Å²) >= 11 is 0. The Morgan fingerprint density at radius 3 is 2.69 bits per heavy atom. The fourth-order valence-corrected chi connectivity index (χ4v) is 1.25. The van der Waals surface area contributed by atoms with Gasteiger partial charge in [-0.05, 0) is 32.4 Å². The minimum absolute atomic E-state index is 0.260. The van der Waals surface area contributed by atoms with Crippen LogP contribution in [0.25, 0.3) is 6.08 Å². The summed E-state index contributed by atoms with van der Waals surface area (Å²) in [6, 6.07) is 7.94. The van der Waals surface area contributed by atoms with E-state index >= 15 is 0 Å². The molecule has 0 N–H and O–H groups in total. The SMILES string of the molecule is CCOc1ccccc1C=COC(C)CC. The van der Waals surface area contributed by atoms with Crippen molar-refractivity contribution in [3.8, 4) is 5.75 Å². The summed E-state index contributed by atoms with van der Waals surface area (Å²) in [6.07, 6.45) is 4.95. The monoisotopic (exact) mass is 220 g/mol. The van der Waals surface area contributed by atoms with Gasteiger partial charge in [-0.15, -0.1) is 0 Å². The molecular formula is C14H20O2. The predicted octanol–water partition coefficient (Wildman–Crippen LogP) is 3.87. The third kappa shape index (κ3) is 3.97. The second-order valence-electron chi connectivity index (χ2n) is 3.63. The summed E-state index contributed by atoms with van der Waals surface area (Å²) in [5, 5.41) is 0. The van der Waals surface area contributed by atoms with Gasteiger partial charge in [0.05, 0.1) is 19.0 Å². The molecule has 0 saturated carbocycles. The number of hydrogen-bond acceptors (Lipinski definition) is 2. The topological polar surface area (TPSA) is 18.5 Å². The Labute approximate surface area is 97.9 Å². The Kier molecular flexibility index (Phi) is 5.48. The first-order valence-corrected chi connectivity index (χ1v) is 5.81. The maximum absolute atomic E-state index is 5.51. The highest BCUT2D eigenvalue weighted by atomic mass is 16.5. The van der Waals surface area contributed by atoms with Gasteiger partial charge in [0.25, 0.3) is 0 Å². The van der Waals surface area contributed by atoms with Crippen LogP contribution in [0.15, 0.2) is 30.5 Å². The van der Waals surface area contributed by atoms with Crippen molar-refractivity contribution in [2.75, 3.05) is 6.61 Å². The molecule has 1 rings (SSSR count). The number of ether oxygens (including phenoxy) is 2. The molecule has 1 aromatic carbocycles. The molecule has 0 aliphatic heterocycles. The Hall–Kier alpha value is -1.44. The van der Waals surface area contributed by atoms with E-state index in [4.69, 9.17) is 9.47 Å². The predicted molar refractivity (Wildman–Crippen MR) is 67.5 cm³/mol. The smallest absolute Gasteiger partial charge is 0.126 e. The third-order valence-electron chi connectivity index (χ3n) is 2.35. The maximum atomic E-state index is 5.51. The highest BCUT2D eigenvalue weighted by Crippen LogP contribution is 2.19. The number of hydrogen-bond donors (Lipinski definition) is 0. The molecule has 16 heavy (non-hydrogen) atoms. The molecule has 1 atom stereocenters. The van der Waals surface area contributed by atoms with E-state index in [2.05, 4.69) is 13.8 Å². The highest BCUT2D eigenvalue weighted by Gasteiger charge is 1.98. The summed E-state index contributed by atoms with van der Waals surface area (Å²) in [5.74, 6) is 0.897. The lowest BCUT2D eigenvalue weighted by Gasteiger charge is -2.09. The van der Waals surface area contributed by atoms with Crippen molar-refractivity contribution < 1.29 is 9.47 Å². The zero-order valence-electron chi connectivity index (χ0n) is 10.3. The van der Waals surface area contributed by atoms with E-state index in [1.165, 1.54) is 0 Å². The zero-order chi connectivity index (χ0) is 11.8. The maximum Gasteiger partial charge on any atom is 0.126 e. The minimum Gasteiger partial charge on any atom is -0.498 e. The molecule has 1 aromatic rings. The first kappa shape index (κ1) is 12.6. The normalized spacial score (nSPS) is 12.7. The van der Waals surface area contributed by atoms with Crippen molar-refractivity contribution in [1.82, 2.24) is 0 Å². The summed E-state index contributed by atoms with van der Waals surface area (Å²) in [5.41, 5.74) is 1.05. The standard InChI is InChI=1S/C14H20O2/c1-4-12(3)16-11-10-13-8-6-7-9-14(13)15-5-2/h6-12H,4-5H2,1-3H3. The van der Waals surface area contributed by atoms with Crippen LogP contribution in [-0.2, 0) is 4.74 Å². The molecule has 0 bridgehead atoms. The number of rotatable bonds is 6. The third-order valence-corrected chi connectivity index (χ3v) is 2.35. The summed E-state index contributed by atoms with van der Waals surface area (Å²) in [7, 11) is 0. The Morgan fingerprint density at radius 1 is 1.25 bits per heavy atom. The van der Waals surface area contributed by atoms with Crippen LogP contribution in [0, 0.1) is 0 Å². The van der Waals surface area contributed by atoms with Crippen LogP contribution in [0.4, 0.5) is 0 Å². The van der Waals surface area contributed by atoms with E-state index in [0.29, 0.717) is 6.61 Å². The van der Waals surface area contributed by atoms with Crippen molar-refractivity contribution in [2.24, 2.45) is 0 Å². The van der Waals surface area contributed by atoms with Crippen molar-refractivity contribution in [3.63, 3.8) is 0 Å². The van der Waals surface area contributed by atoms with Crippen molar-refractivity contribution in [3.05, 3.63) is 36.1 Å². The average Bonchev–Trinajstić information content (AvgIpc) is 2.31. The largest absolute Gasteiger partial charge is 0.498 e. The van der Waals surface area contributed by atoms with Crippen LogP contribution in [-0.4, -0.2) is 12.7 Å². The molecule has 2 heteroatoms. The van der Waals surface area contributed by atoms with Crippen molar-refractivity contribution in [2.45, 2.75) is 33.3 Å². The quantitative estimate of drug-likeness (QED) is 0.677. The van der Waals surface area contributed by atoms with Gasteiger partial charge in [0.2, 0.25) is 0 Å². The molecule has 0 fully saturated rings. The molecule has 0 spiro atoms. The van der Waals surface area contributed by atoms with Gasteiger partial charge in [-0.3, -0.25) is 0 Å². The molecule has 0 aliphatic carbocycles. The summed E-state index contributed by atoms with van der Waals surface area (Å²) < 4.78 is 11.0. The molecule has 0 amide bonds. The minimum atomic E-state index is 0.260. The summed E-state index contributed by atoms with van der Waals surface area (Å²) in [6.45, 7) is 6.82. The molecule has 88 valence electrons. The number of benzene rings is 1. The van der Waals surface area contributed by atoms with Gasteiger partial charge in [-0.25, -0.2) is 0 Å². The lowest BCUT2D eigenvalue weighted by Crippen LogP contribution is -2.00.